The molecule has 7 nitrogen and oxygen atoms in total. The summed E-state index contributed by atoms with van der Waals surface area (Å²) >= 11 is 12.5. The fourth-order valence-corrected chi connectivity index (χ4v) is 5.78. The van der Waals surface area contributed by atoms with E-state index in [1.165, 1.54) is 12.3 Å². The Bertz CT molecular complexity index is 1630. The summed E-state index contributed by atoms with van der Waals surface area (Å²) in [7, 11) is 0. The first-order valence-electron chi connectivity index (χ1n) is 12.2. The van der Waals surface area contributed by atoms with Crippen LogP contribution in [-0.4, -0.2) is 56.7 Å². The molecule has 6 rings (SSSR count). The Kier molecular flexibility index (Phi) is 5.84. The average molecular weight is 558 g/mol. The second-order valence-electron chi connectivity index (χ2n) is 10.5. The molecule has 0 saturated carbocycles. The maximum atomic E-state index is 16.0. The van der Waals surface area contributed by atoms with Crippen LogP contribution in [0.4, 0.5) is 19.4 Å². The third-order valence-electron chi connectivity index (χ3n) is 7.02. The summed E-state index contributed by atoms with van der Waals surface area (Å²) in [6, 6.07) is 7.93. The highest BCUT2D eigenvalue weighted by Gasteiger charge is 2.50. The quantitative estimate of drug-likeness (QED) is 0.258. The zero-order valence-corrected chi connectivity index (χ0v) is 22.3. The molecule has 2 saturated heterocycles. The van der Waals surface area contributed by atoms with E-state index >= 15 is 4.39 Å². The zero-order chi connectivity index (χ0) is 26.9. The molecular formula is C27H23Cl2F2N5O2. The zero-order valence-electron chi connectivity index (χ0n) is 20.8. The smallest absolute Gasteiger partial charge is 0.410 e. The lowest BCUT2D eigenvalue weighted by Crippen LogP contribution is -2.63. The lowest BCUT2D eigenvalue weighted by molar-refractivity contribution is 0.0193. The van der Waals surface area contributed by atoms with Gasteiger partial charge in [-0.1, -0.05) is 35.9 Å². The number of rotatable bonds is 2. The Morgan fingerprint density at radius 3 is 2.66 bits per heavy atom. The van der Waals surface area contributed by atoms with Crippen LogP contribution in [0.2, 0.25) is 10.3 Å². The van der Waals surface area contributed by atoms with Crippen molar-refractivity contribution < 1.29 is 18.3 Å². The SMILES string of the molecule is CC(C)(C)OC(=O)N1CC[C@@H]2[C@H]1CN2c1nc(Cl)nc2c(F)c(-c3cccc4ccc(F)c(Cl)c34)ncc12. The monoisotopic (exact) mass is 557 g/mol. The van der Waals surface area contributed by atoms with Crippen LogP contribution in [0.25, 0.3) is 32.9 Å². The topological polar surface area (TPSA) is 71.5 Å². The lowest BCUT2D eigenvalue weighted by Gasteiger charge is -2.47. The van der Waals surface area contributed by atoms with Gasteiger partial charge >= 0.3 is 6.09 Å². The minimum atomic E-state index is -0.709. The van der Waals surface area contributed by atoms with Crippen molar-refractivity contribution in [2.24, 2.45) is 0 Å². The van der Waals surface area contributed by atoms with Crippen molar-refractivity contribution in [3.63, 3.8) is 0 Å². The van der Waals surface area contributed by atoms with Gasteiger partial charge in [0.2, 0.25) is 5.28 Å². The number of aromatic nitrogens is 3. The van der Waals surface area contributed by atoms with Crippen LogP contribution in [0.1, 0.15) is 27.2 Å². The van der Waals surface area contributed by atoms with Crippen LogP contribution in [0, 0.1) is 11.6 Å². The molecule has 2 aromatic carbocycles. The molecule has 196 valence electrons. The van der Waals surface area contributed by atoms with Gasteiger partial charge in [0.25, 0.3) is 0 Å². The summed E-state index contributed by atoms with van der Waals surface area (Å²) in [6.07, 6.45) is 1.86. The highest BCUT2D eigenvalue weighted by molar-refractivity contribution is 6.36. The van der Waals surface area contributed by atoms with Gasteiger partial charge in [0.15, 0.2) is 5.82 Å². The molecule has 2 aliphatic rings. The summed E-state index contributed by atoms with van der Waals surface area (Å²) < 4.78 is 35.9. The molecule has 2 aromatic heterocycles. The Morgan fingerprint density at radius 1 is 1.11 bits per heavy atom. The van der Waals surface area contributed by atoms with E-state index in [1.807, 2.05) is 25.7 Å². The number of likely N-dealkylation sites (tertiary alicyclic amines) is 1. The van der Waals surface area contributed by atoms with Crippen molar-refractivity contribution in [3.8, 4) is 11.3 Å². The van der Waals surface area contributed by atoms with Gasteiger partial charge in [-0.15, -0.1) is 0 Å². The molecule has 11 heteroatoms. The number of anilines is 1. The first kappa shape index (κ1) is 25.0. The van der Waals surface area contributed by atoms with Crippen LogP contribution in [0.15, 0.2) is 36.5 Å². The highest BCUT2D eigenvalue weighted by atomic mass is 35.5. The number of benzene rings is 2. The molecule has 2 atom stereocenters. The van der Waals surface area contributed by atoms with Gasteiger partial charge in [-0.3, -0.25) is 4.98 Å². The molecule has 0 spiro atoms. The van der Waals surface area contributed by atoms with E-state index in [0.29, 0.717) is 47.1 Å². The molecule has 1 amide bonds. The van der Waals surface area contributed by atoms with Crippen LogP contribution in [-0.2, 0) is 4.74 Å². The van der Waals surface area contributed by atoms with Gasteiger partial charge in [-0.05, 0) is 50.2 Å². The normalized spacial score (nSPS) is 19.1. The number of nitrogens with zero attached hydrogens (tertiary/aromatic N) is 5. The molecule has 38 heavy (non-hydrogen) atoms. The first-order chi connectivity index (χ1) is 18.0. The summed E-state index contributed by atoms with van der Waals surface area (Å²) in [5.41, 5.74) is -0.263. The number of pyridine rings is 1. The third-order valence-corrected chi connectivity index (χ3v) is 7.56. The Labute approximate surface area is 227 Å². The van der Waals surface area contributed by atoms with Crippen molar-refractivity contribution in [1.82, 2.24) is 19.9 Å². The highest BCUT2D eigenvalue weighted by Crippen LogP contribution is 2.41. The van der Waals surface area contributed by atoms with Gasteiger partial charge in [0.1, 0.15) is 28.4 Å². The lowest BCUT2D eigenvalue weighted by atomic mass is 9.96. The maximum Gasteiger partial charge on any atom is 0.410 e. The van der Waals surface area contributed by atoms with Gasteiger partial charge in [-0.2, -0.15) is 4.98 Å². The van der Waals surface area contributed by atoms with E-state index in [2.05, 4.69) is 15.0 Å². The van der Waals surface area contributed by atoms with E-state index in [-0.39, 0.29) is 39.7 Å². The fourth-order valence-electron chi connectivity index (χ4n) is 5.34. The van der Waals surface area contributed by atoms with Crippen LogP contribution >= 0.6 is 23.2 Å². The average Bonchev–Trinajstić information content (AvgIpc) is 3.17. The van der Waals surface area contributed by atoms with Gasteiger partial charge < -0.3 is 14.5 Å². The molecule has 0 bridgehead atoms. The minimum Gasteiger partial charge on any atom is -0.444 e. The van der Waals surface area contributed by atoms with Crippen molar-refractivity contribution >= 4 is 56.8 Å². The van der Waals surface area contributed by atoms with E-state index < -0.39 is 17.2 Å². The predicted octanol–water partition coefficient (Wildman–Crippen LogP) is 6.63. The fraction of sp³-hybridized carbons (Fsp3) is 0.333. The van der Waals surface area contributed by atoms with E-state index in [1.54, 1.807) is 29.2 Å². The standard InChI is InChI=1S/C27H23Cl2F2N5O2/c1-27(2,3)38-26(37)35-10-9-17-18(35)12-36(17)24-15-11-32-22(21(31)23(15)33-25(29)34-24)14-6-4-5-13-7-8-16(30)20(28)19(13)14/h4-8,11,17-18H,9-10,12H2,1-3H3/t17-,18-/m1/s1. The summed E-state index contributed by atoms with van der Waals surface area (Å²) in [5, 5.41) is 1.18. The van der Waals surface area contributed by atoms with Gasteiger partial charge in [0.05, 0.1) is 22.5 Å². The molecular weight excluding hydrogens is 535 g/mol. The number of ether oxygens (including phenoxy) is 1. The van der Waals surface area contributed by atoms with Gasteiger partial charge in [-0.25, -0.2) is 18.6 Å². The Hall–Kier alpha value is -3.30. The number of hydrogen-bond acceptors (Lipinski definition) is 6. The van der Waals surface area contributed by atoms with Crippen LogP contribution in [0.5, 0.6) is 0 Å². The molecule has 0 unspecified atom stereocenters. The van der Waals surface area contributed by atoms with Crippen LogP contribution < -0.4 is 4.90 Å². The summed E-state index contributed by atoms with van der Waals surface area (Å²) in [4.78, 5) is 29.4. The van der Waals surface area contributed by atoms with Crippen molar-refractivity contribution in [2.45, 2.75) is 44.9 Å². The van der Waals surface area contributed by atoms with E-state index in [9.17, 15) is 9.18 Å². The maximum absolute atomic E-state index is 16.0. The number of fused-ring (bicyclic) bond motifs is 3. The number of carbonyl (C=O) groups excluding carboxylic acids is 1. The summed E-state index contributed by atoms with van der Waals surface area (Å²) in [5.74, 6) is -0.864. The molecule has 2 aliphatic heterocycles. The molecule has 0 radical (unpaired) electrons. The van der Waals surface area contributed by atoms with Crippen LogP contribution in [0.3, 0.4) is 0 Å². The minimum absolute atomic E-state index is 0.0000241. The number of amides is 1. The molecule has 0 aliphatic carbocycles. The van der Waals surface area contributed by atoms with Crippen molar-refractivity contribution in [2.75, 3.05) is 18.0 Å². The van der Waals surface area contributed by atoms with Gasteiger partial charge in [0, 0.05) is 30.2 Å². The largest absolute Gasteiger partial charge is 0.444 e. The van der Waals surface area contributed by atoms with Crippen molar-refractivity contribution in [1.29, 1.82) is 0 Å². The second-order valence-corrected chi connectivity index (χ2v) is 11.2. The summed E-state index contributed by atoms with van der Waals surface area (Å²) in [6.45, 7) is 6.54. The molecule has 4 heterocycles. The number of carbonyl (C=O) groups is 1. The second kappa shape index (κ2) is 8.88. The predicted molar refractivity (Wildman–Crippen MR) is 143 cm³/mol. The van der Waals surface area contributed by atoms with E-state index in [4.69, 9.17) is 27.9 Å². The molecule has 2 fully saturated rings. The Morgan fingerprint density at radius 2 is 1.89 bits per heavy atom. The molecule has 0 N–H and O–H groups in total. The Balaban J connectivity index is 1.39. The van der Waals surface area contributed by atoms with Crippen molar-refractivity contribution in [3.05, 3.63) is 58.5 Å². The number of halogens is 4. The third kappa shape index (κ3) is 3.99. The first-order valence-corrected chi connectivity index (χ1v) is 12.9. The van der Waals surface area contributed by atoms with E-state index in [0.717, 1.165) is 0 Å². The molecule has 4 aromatic rings. The number of hydrogen-bond donors (Lipinski definition) is 0.